The van der Waals surface area contributed by atoms with Gasteiger partial charge in [-0.15, -0.1) is 0 Å². The number of aromatic nitrogens is 1. The second-order valence-corrected chi connectivity index (χ2v) is 7.51. The van der Waals surface area contributed by atoms with Crippen molar-refractivity contribution < 1.29 is 13.2 Å². The van der Waals surface area contributed by atoms with Crippen LogP contribution in [0.5, 0.6) is 0 Å². The van der Waals surface area contributed by atoms with Gasteiger partial charge in [-0.2, -0.15) is 0 Å². The van der Waals surface area contributed by atoms with Crippen LogP contribution in [0.2, 0.25) is 0 Å². The average Bonchev–Trinajstić information content (AvgIpc) is 2.87. The van der Waals surface area contributed by atoms with E-state index >= 15 is 0 Å². The number of nitrogens with one attached hydrogen (secondary N) is 2. The summed E-state index contributed by atoms with van der Waals surface area (Å²) in [4.78, 5) is 3.91. The predicted molar refractivity (Wildman–Crippen MR) is 79.0 cm³/mol. The molecule has 20 heavy (non-hydrogen) atoms. The zero-order valence-electron chi connectivity index (χ0n) is 11.2. The van der Waals surface area contributed by atoms with Crippen molar-refractivity contribution in [1.29, 1.82) is 0 Å². The van der Waals surface area contributed by atoms with Crippen LogP contribution in [0.3, 0.4) is 0 Å². The molecule has 1 unspecified atom stereocenters. The summed E-state index contributed by atoms with van der Waals surface area (Å²) in [7, 11) is -1.98. The molecular formula is C12H18BrN3O3S. The molecule has 1 aromatic rings. The molecule has 1 aliphatic heterocycles. The van der Waals surface area contributed by atoms with Crippen molar-refractivity contribution in [2.24, 2.45) is 0 Å². The SMILES string of the molecule is COCC1(CNS(=O)(=O)c2ccc(Br)cn2)CCCN1. The van der Waals surface area contributed by atoms with E-state index in [4.69, 9.17) is 4.74 Å². The molecule has 2 heterocycles. The van der Waals surface area contributed by atoms with Crippen molar-refractivity contribution in [3.8, 4) is 0 Å². The standard InChI is InChI=1S/C12H18BrN3O3S/c1-19-9-12(5-2-6-15-12)8-16-20(17,18)11-4-3-10(13)7-14-11/h3-4,7,15-16H,2,5-6,8-9H2,1H3. The van der Waals surface area contributed by atoms with Gasteiger partial charge in [-0.05, 0) is 47.4 Å². The van der Waals surface area contributed by atoms with Gasteiger partial charge in [-0.1, -0.05) is 0 Å². The fourth-order valence-electron chi connectivity index (χ4n) is 2.30. The third-order valence-electron chi connectivity index (χ3n) is 3.33. The third kappa shape index (κ3) is 3.76. The first-order valence-corrected chi connectivity index (χ1v) is 8.60. The van der Waals surface area contributed by atoms with Crippen molar-refractivity contribution in [2.45, 2.75) is 23.4 Å². The van der Waals surface area contributed by atoms with Crippen molar-refractivity contribution in [2.75, 3.05) is 26.8 Å². The van der Waals surface area contributed by atoms with Crippen molar-refractivity contribution >= 4 is 26.0 Å². The highest BCUT2D eigenvalue weighted by molar-refractivity contribution is 9.10. The topological polar surface area (TPSA) is 80.3 Å². The van der Waals surface area contributed by atoms with Gasteiger partial charge >= 0.3 is 0 Å². The Kier molecular flexibility index (Phi) is 5.14. The molecule has 6 nitrogen and oxygen atoms in total. The lowest BCUT2D eigenvalue weighted by Gasteiger charge is -2.28. The lowest BCUT2D eigenvalue weighted by molar-refractivity contribution is 0.122. The summed E-state index contributed by atoms with van der Waals surface area (Å²) in [6.07, 6.45) is 3.37. The van der Waals surface area contributed by atoms with E-state index in [0.29, 0.717) is 13.2 Å². The summed E-state index contributed by atoms with van der Waals surface area (Å²) in [5, 5.41) is 3.34. The molecule has 1 aromatic heterocycles. The number of methoxy groups -OCH3 is 1. The first kappa shape index (κ1) is 15.8. The van der Waals surface area contributed by atoms with Crippen LogP contribution in [0.25, 0.3) is 0 Å². The maximum Gasteiger partial charge on any atom is 0.258 e. The maximum absolute atomic E-state index is 12.2. The van der Waals surface area contributed by atoms with Crippen LogP contribution >= 0.6 is 15.9 Å². The zero-order chi connectivity index (χ0) is 14.6. The molecule has 2 rings (SSSR count). The van der Waals surface area contributed by atoms with Crippen molar-refractivity contribution in [1.82, 2.24) is 15.0 Å². The number of rotatable bonds is 6. The monoisotopic (exact) mass is 363 g/mol. The molecule has 8 heteroatoms. The van der Waals surface area contributed by atoms with Gasteiger partial charge in [0, 0.05) is 24.3 Å². The molecule has 1 saturated heterocycles. The molecule has 112 valence electrons. The van der Waals surface area contributed by atoms with E-state index in [1.165, 1.54) is 12.3 Å². The smallest absolute Gasteiger partial charge is 0.258 e. The lowest BCUT2D eigenvalue weighted by atomic mass is 9.99. The highest BCUT2D eigenvalue weighted by Gasteiger charge is 2.34. The van der Waals surface area contributed by atoms with Crippen LogP contribution in [0.1, 0.15) is 12.8 Å². The Morgan fingerprint density at radius 1 is 1.55 bits per heavy atom. The maximum atomic E-state index is 12.2. The molecule has 0 spiro atoms. The summed E-state index contributed by atoms with van der Waals surface area (Å²) in [6, 6.07) is 3.12. The summed E-state index contributed by atoms with van der Waals surface area (Å²) >= 11 is 3.23. The van der Waals surface area contributed by atoms with E-state index < -0.39 is 10.0 Å². The van der Waals surface area contributed by atoms with Crippen molar-refractivity contribution in [3.63, 3.8) is 0 Å². The van der Waals surface area contributed by atoms with Gasteiger partial charge < -0.3 is 10.1 Å². The lowest BCUT2D eigenvalue weighted by Crippen LogP contribution is -2.52. The van der Waals surface area contributed by atoms with E-state index in [1.807, 2.05) is 0 Å². The Hall–Kier alpha value is -0.540. The summed E-state index contributed by atoms with van der Waals surface area (Å²) in [5.74, 6) is 0. The van der Waals surface area contributed by atoms with Gasteiger partial charge in [0.2, 0.25) is 0 Å². The summed E-state index contributed by atoms with van der Waals surface area (Å²) in [5.41, 5.74) is -0.322. The first-order valence-electron chi connectivity index (χ1n) is 6.33. The molecule has 0 radical (unpaired) electrons. The van der Waals surface area contributed by atoms with Crippen LogP contribution in [-0.2, 0) is 14.8 Å². The minimum Gasteiger partial charge on any atom is -0.383 e. The fraction of sp³-hybridized carbons (Fsp3) is 0.583. The van der Waals surface area contributed by atoms with E-state index in [0.717, 1.165) is 23.9 Å². The quantitative estimate of drug-likeness (QED) is 0.784. The van der Waals surface area contributed by atoms with Gasteiger partial charge in [0.15, 0.2) is 5.03 Å². The van der Waals surface area contributed by atoms with Gasteiger partial charge in [0.1, 0.15) is 0 Å². The molecule has 0 bridgehead atoms. The van der Waals surface area contributed by atoms with Crippen LogP contribution in [0, 0.1) is 0 Å². The Morgan fingerprint density at radius 3 is 2.90 bits per heavy atom. The Bertz CT molecular complexity index is 542. The number of nitrogens with zero attached hydrogens (tertiary/aromatic N) is 1. The van der Waals surface area contributed by atoms with E-state index in [1.54, 1.807) is 13.2 Å². The number of hydrogen-bond donors (Lipinski definition) is 2. The van der Waals surface area contributed by atoms with Gasteiger partial charge in [-0.25, -0.2) is 18.1 Å². The number of halogens is 1. The highest BCUT2D eigenvalue weighted by atomic mass is 79.9. The van der Waals surface area contributed by atoms with Crippen molar-refractivity contribution in [3.05, 3.63) is 22.8 Å². The predicted octanol–water partition coefficient (Wildman–Crippen LogP) is 0.891. The molecule has 0 aromatic carbocycles. The molecule has 1 atom stereocenters. The number of hydrogen-bond acceptors (Lipinski definition) is 5. The Balaban J connectivity index is 2.06. The Labute approximate surface area is 127 Å². The first-order chi connectivity index (χ1) is 9.47. The average molecular weight is 364 g/mol. The summed E-state index contributed by atoms with van der Waals surface area (Å²) < 4.78 is 32.9. The normalized spacial score (nSPS) is 23.1. The second kappa shape index (κ2) is 6.48. The van der Waals surface area contributed by atoms with E-state index in [-0.39, 0.29) is 10.6 Å². The van der Waals surface area contributed by atoms with Crippen LogP contribution in [0.15, 0.2) is 27.8 Å². The van der Waals surface area contributed by atoms with E-state index in [2.05, 4.69) is 31.0 Å². The minimum absolute atomic E-state index is 0.0197. The number of ether oxygens (including phenoxy) is 1. The molecule has 0 amide bonds. The summed E-state index contributed by atoms with van der Waals surface area (Å²) in [6.45, 7) is 1.64. The number of sulfonamides is 1. The number of pyridine rings is 1. The zero-order valence-corrected chi connectivity index (χ0v) is 13.6. The molecule has 0 saturated carbocycles. The molecule has 1 fully saturated rings. The van der Waals surface area contributed by atoms with Crippen LogP contribution < -0.4 is 10.0 Å². The van der Waals surface area contributed by atoms with Crippen LogP contribution in [0.4, 0.5) is 0 Å². The Morgan fingerprint density at radius 2 is 2.35 bits per heavy atom. The van der Waals surface area contributed by atoms with Crippen LogP contribution in [-0.4, -0.2) is 45.7 Å². The van der Waals surface area contributed by atoms with E-state index in [9.17, 15) is 8.42 Å². The second-order valence-electron chi connectivity index (χ2n) is 4.88. The minimum atomic E-state index is -3.60. The molecule has 2 N–H and O–H groups in total. The molecule has 0 aliphatic carbocycles. The van der Waals surface area contributed by atoms with Gasteiger partial charge in [-0.3, -0.25) is 0 Å². The highest BCUT2D eigenvalue weighted by Crippen LogP contribution is 2.20. The largest absolute Gasteiger partial charge is 0.383 e. The fourth-order valence-corrected chi connectivity index (χ4v) is 3.59. The van der Waals surface area contributed by atoms with Gasteiger partial charge in [0.05, 0.1) is 12.1 Å². The molecule has 1 aliphatic rings. The van der Waals surface area contributed by atoms with Gasteiger partial charge in [0.25, 0.3) is 10.0 Å². The molecular weight excluding hydrogens is 346 g/mol. The third-order valence-corrected chi connectivity index (χ3v) is 5.11.